The smallest absolute Gasteiger partial charge is 0.243 e. The Balaban J connectivity index is 1.34. The molecular weight excluding hydrogens is 360 g/mol. The Hall–Kier alpha value is -2.22. The summed E-state index contributed by atoms with van der Waals surface area (Å²) >= 11 is 0. The van der Waals surface area contributed by atoms with Crippen molar-refractivity contribution in [1.29, 1.82) is 0 Å². The van der Waals surface area contributed by atoms with Gasteiger partial charge in [0.25, 0.3) is 0 Å². The third kappa shape index (κ3) is 3.03. The summed E-state index contributed by atoms with van der Waals surface area (Å²) in [6.45, 7) is 8.77. The molecule has 3 aliphatic rings. The second kappa shape index (κ2) is 6.99. The minimum absolute atomic E-state index is 0.160. The molecule has 1 aromatic rings. The van der Waals surface area contributed by atoms with E-state index in [1.165, 1.54) is 4.90 Å². The predicted octanol–water partition coefficient (Wildman–Crippen LogP) is 0.803. The molecule has 0 spiro atoms. The molecule has 1 aromatic heterocycles. The summed E-state index contributed by atoms with van der Waals surface area (Å²) in [5, 5.41) is 7.34. The normalized spacial score (nSPS) is 30.6. The van der Waals surface area contributed by atoms with Crippen molar-refractivity contribution in [2.45, 2.75) is 65.3 Å². The molecule has 2 bridgehead atoms. The molecule has 0 aromatic carbocycles. The van der Waals surface area contributed by atoms with Gasteiger partial charge in [-0.05, 0) is 45.6 Å². The molecule has 4 heterocycles. The average Bonchev–Trinajstić information content (AvgIpc) is 3.38. The molecule has 3 amide bonds. The Labute approximate surface area is 164 Å². The van der Waals surface area contributed by atoms with Crippen LogP contribution in [0.25, 0.3) is 0 Å². The zero-order valence-electron chi connectivity index (χ0n) is 16.8. The number of likely N-dealkylation sites (tertiary alicyclic amines) is 1. The van der Waals surface area contributed by atoms with E-state index in [-0.39, 0.29) is 35.8 Å². The molecule has 1 N–H and O–H groups in total. The summed E-state index contributed by atoms with van der Waals surface area (Å²) in [6, 6.07) is 1.22. The van der Waals surface area contributed by atoms with Crippen molar-refractivity contribution in [3.8, 4) is 0 Å². The maximum Gasteiger partial charge on any atom is 0.243 e. The van der Waals surface area contributed by atoms with Gasteiger partial charge >= 0.3 is 0 Å². The fourth-order valence-corrected chi connectivity index (χ4v) is 4.88. The van der Waals surface area contributed by atoms with Gasteiger partial charge in [0.2, 0.25) is 17.7 Å². The van der Waals surface area contributed by atoms with Gasteiger partial charge in [-0.25, -0.2) is 0 Å². The van der Waals surface area contributed by atoms with Crippen molar-refractivity contribution in [2.75, 3.05) is 6.54 Å². The van der Waals surface area contributed by atoms with Crippen molar-refractivity contribution in [2.24, 2.45) is 17.8 Å². The number of aryl methyl sites for hydroxylation is 2. The Morgan fingerprint density at radius 3 is 2.36 bits per heavy atom. The SMILES string of the molecule is Cc1cc(C)n(C[C@H](C)CNC(=O)[C@H](C)N2C(=O)[C@@H]3[C@@H](C2=O)[C@H]2CC[C@H]3O2)n1. The van der Waals surface area contributed by atoms with Crippen LogP contribution in [0.3, 0.4) is 0 Å². The first-order valence-electron chi connectivity index (χ1n) is 10.1. The number of carbonyl (C=O) groups is 3. The van der Waals surface area contributed by atoms with Gasteiger partial charge < -0.3 is 10.1 Å². The predicted molar refractivity (Wildman–Crippen MR) is 100 cm³/mol. The molecule has 0 radical (unpaired) electrons. The molecule has 8 nitrogen and oxygen atoms in total. The van der Waals surface area contributed by atoms with Crippen LogP contribution in [0.4, 0.5) is 0 Å². The van der Waals surface area contributed by atoms with Gasteiger partial charge in [0.1, 0.15) is 6.04 Å². The Morgan fingerprint density at radius 1 is 1.21 bits per heavy atom. The molecule has 0 unspecified atom stereocenters. The van der Waals surface area contributed by atoms with Crippen molar-refractivity contribution < 1.29 is 19.1 Å². The Bertz CT molecular complexity index is 791. The third-order valence-corrected chi connectivity index (χ3v) is 6.30. The van der Waals surface area contributed by atoms with Crippen LogP contribution in [0.2, 0.25) is 0 Å². The van der Waals surface area contributed by atoms with Crippen LogP contribution in [-0.4, -0.2) is 57.2 Å². The van der Waals surface area contributed by atoms with E-state index in [9.17, 15) is 14.4 Å². The zero-order chi connectivity index (χ0) is 20.2. The maximum absolute atomic E-state index is 12.8. The fourth-order valence-electron chi connectivity index (χ4n) is 4.88. The van der Waals surface area contributed by atoms with Gasteiger partial charge in [0, 0.05) is 18.8 Å². The largest absolute Gasteiger partial charge is 0.373 e. The van der Waals surface area contributed by atoms with Crippen LogP contribution in [0.5, 0.6) is 0 Å². The summed E-state index contributed by atoms with van der Waals surface area (Å²) in [6.07, 6.45) is 1.33. The number of aromatic nitrogens is 2. The zero-order valence-corrected chi connectivity index (χ0v) is 16.8. The van der Waals surface area contributed by atoms with Crippen LogP contribution < -0.4 is 5.32 Å². The van der Waals surface area contributed by atoms with E-state index in [1.54, 1.807) is 6.92 Å². The van der Waals surface area contributed by atoms with Crippen LogP contribution in [-0.2, 0) is 25.7 Å². The highest BCUT2D eigenvalue weighted by Gasteiger charge is 2.63. The number of imide groups is 1. The number of nitrogens with one attached hydrogen (secondary N) is 1. The number of carbonyl (C=O) groups excluding carboxylic acids is 3. The summed E-state index contributed by atoms with van der Waals surface area (Å²) in [7, 11) is 0. The summed E-state index contributed by atoms with van der Waals surface area (Å²) in [5.41, 5.74) is 2.05. The molecule has 3 fully saturated rings. The lowest BCUT2D eigenvalue weighted by Crippen LogP contribution is -2.50. The maximum atomic E-state index is 12.8. The average molecular weight is 388 g/mol. The van der Waals surface area contributed by atoms with Gasteiger partial charge in [-0.15, -0.1) is 0 Å². The first-order valence-corrected chi connectivity index (χ1v) is 10.1. The van der Waals surface area contributed by atoms with E-state index in [2.05, 4.69) is 10.4 Å². The van der Waals surface area contributed by atoms with Gasteiger partial charge in [0.15, 0.2) is 0 Å². The monoisotopic (exact) mass is 388 g/mol. The van der Waals surface area contributed by atoms with Gasteiger partial charge in [-0.3, -0.25) is 24.0 Å². The van der Waals surface area contributed by atoms with E-state index in [1.807, 2.05) is 31.5 Å². The topological polar surface area (TPSA) is 93.5 Å². The third-order valence-electron chi connectivity index (χ3n) is 6.30. The lowest BCUT2D eigenvalue weighted by atomic mass is 9.81. The highest BCUT2D eigenvalue weighted by molar-refractivity contribution is 6.09. The molecule has 0 saturated carbocycles. The molecule has 4 rings (SSSR count). The van der Waals surface area contributed by atoms with E-state index < -0.39 is 17.9 Å². The van der Waals surface area contributed by atoms with E-state index in [0.717, 1.165) is 24.2 Å². The van der Waals surface area contributed by atoms with Crippen LogP contribution >= 0.6 is 0 Å². The van der Waals surface area contributed by atoms with Crippen LogP contribution in [0.15, 0.2) is 6.07 Å². The van der Waals surface area contributed by atoms with Gasteiger partial charge in [-0.1, -0.05) is 6.92 Å². The second-order valence-electron chi connectivity index (χ2n) is 8.52. The number of hydrogen-bond acceptors (Lipinski definition) is 5. The molecular formula is C20H28N4O4. The quantitative estimate of drug-likeness (QED) is 0.728. The standard InChI is InChI=1S/C20H28N4O4/c1-10(9-23-12(3)7-11(2)22-23)8-21-18(25)13(4)24-19(26)16-14-5-6-15(28-14)17(16)20(24)27/h7,10,13-17H,5-6,8-9H2,1-4H3,(H,21,25)/t10-,13+,14-,15-,16+,17+/m1/s1. The summed E-state index contributed by atoms with van der Waals surface area (Å²) < 4.78 is 7.67. The van der Waals surface area contributed by atoms with E-state index >= 15 is 0 Å². The number of hydrogen-bond donors (Lipinski definition) is 1. The van der Waals surface area contributed by atoms with Gasteiger partial charge in [0.05, 0.1) is 29.7 Å². The molecule has 3 aliphatic heterocycles. The van der Waals surface area contributed by atoms with Crippen LogP contribution in [0.1, 0.15) is 38.1 Å². The molecule has 8 heteroatoms. The molecule has 6 atom stereocenters. The fraction of sp³-hybridized carbons (Fsp3) is 0.700. The Morgan fingerprint density at radius 2 is 1.82 bits per heavy atom. The molecule has 28 heavy (non-hydrogen) atoms. The first kappa shape index (κ1) is 19.1. The number of nitrogens with zero attached hydrogens (tertiary/aromatic N) is 3. The lowest BCUT2D eigenvalue weighted by Gasteiger charge is -2.24. The van der Waals surface area contributed by atoms with Crippen molar-refractivity contribution in [1.82, 2.24) is 20.0 Å². The molecule has 3 saturated heterocycles. The van der Waals surface area contributed by atoms with Crippen LogP contribution in [0, 0.1) is 31.6 Å². The summed E-state index contributed by atoms with van der Waals surface area (Å²) in [4.78, 5) is 39.4. The number of rotatable bonds is 6. The van der Waals surface area contributed by atoms with E-state index in [4.69, 9.17) is 4.74 Å². The van der Waals surface area contributed by atoms with Crippen molar-refractivity contribution in [3.63, 3.8) is 0 Å². The first-order chi connectivity index (χ1) is 13.3. The van der Waals surface area contributed by atoms with Crippen molar-refractivity contribution >= 4 is 17.7 Å². The highest BCUT2D eigenvalue weighted by Crippen LogP contribution is 2.48. The second-order valence-corrected chi connectivity index (χ2v) is 8.52. The highest BCUT2D eigenvalue weighted by atomic mass is 16.5. The molecule has 0 aliphatic carbocycles. The minimum Gasteiger partial charge on any atom is -0.373 e. The van der Waals surface area contributed by atoms with E-state index in [0.29, 0.717) is 13.1 Å². The minimum atomic E-state index is -0.800. The number of fused-ring (bicyclic) bond motifs is 5. The number of ether oxygens (including phenoxy) is 1. The molecule has 152 valence electrons. The Kier molecular flexibility index (Phi) is 4.77. The lowest BCUT2D eigenvalue weighted by molar-refractivity contribution is -0.149. The number of amides is 3. The van der Waals surface area contributed by atoms with Crippen molar-refractivity contribution in [3.05, 3.63) is 17.5 Å². The van der Waals surface area contributed by atoms with Gasteiger partial charge in [-0.2, -0.15) is 5.10 Å². The summed E-state index contributed by atoms with van der Waals surface area (Å²) in [5.74, 6) is -1.42.